The van der Waals surface area contributed by atoms with Gasteiger partial charge in [0.15, 0.2) is 0 Å². The van der Waals surface area contributed by atoms with Crippen LogP contribution in [0.25, 0.3) is 0 Å². The molecule has 0 bridgehead atoms. The van der Waals surface area contributed by atoms with Gasteiger partial charge in [0, 0.05) is 0 Å². The summed E-state index contributed by atoms with van der Waals surface area (Å²) in [5.74, 6) is -0.578. The van der Waals surface area contributed by atoms with Gasteiger partial charge in [0.25, 0.3) is 0 Å². The van der Waals surface area contributed by atoms with E-state index in [2.05, 4.69) is 5.32 Å². The number of nitrogens with one attached hydrogen (secondary N) is 2. The number of carbonyl (C=O) groups is 1. The van der Waals surface area contributed by atoms with Crippen LogP contribution in [-0.4, -0.2) is 66.5 Å². The van der Waals surface area contributed by atoms with Crippen molar-refractivity contribution >= 4 is 21.6 Å². The van der Waals surface area contributed by atoms with Crippen LogP contribution in [-0.2, 0) is 25.7 Å². The molecule has 1 heterocycles. The molecule has 27 heavy (non-hydrogen) atoms. The number of hydrogen-bond acceptors (Lipinski definition) is 4. The average Bonchev–Trinajstić information content (AvgIpc) is 2.59. The van der Waals surface area contributed by atoms with E-state index in [-0.39, 0.29) is 5.69 Å². The van der Waals surface area contributed by atoms with Gasteiger partial charge in [0.05, 0.1) is 43.8 Å². The number of hydrogen-bond donors (Lipinski definition) is 2. The zero-order valence-electron chi connectivity index (χ0n) is 14.9. The first kappa shape index (κ1) is 21.5. The van der Waals surface area contributed by atoms with Crippen molar-refractivity contribution < 1.29 is 36.0 Å². The van der Waals surface area contributed by atoms with Crippen LogP contribution in [0, 0.1) is 0 Å². The third-order valence-corrected chi connectivity index (χ3v) is 5.29. The summed E-state index contributed by atoms with van der Waals surface area (Å²) in [6.45, 7) is 3.39. The monoisotopic (exact) mass is 410 g/mol. The summed E-state index contributed by atoms with van der Waals surface area (Å²) in [6.07, 6.45) is -3.76. The Morgan fingerprint density at radius 1 is 1.30 bits per heavy atom. The minimum absolute atomic E-state index is 0.207. The number of quaternary nitrogens is 1. The first-order valence-electron chi connectivity index (χ1n) is 8.40. The fraction of sp³-hybridized carbons (Fsp3) is 0.562. The van der Waals surface area contributed by atoms with Crippen molar-refractivity contribution in [2.75, 3.05) is 56.5 Å². The SMILES string of the molecule is CS(=O)(=O)N(CC(=O)NCC[NH+]1CCOCC1)c1cccc(C(F)(F)F)c1. The highest BCUT2D eigenvalue weighted by Crippen LogP contribution is 2.32. The van der Waals surface area contributed by atoms with Crippen LogP contribution < -0.4 is 14.5 Å². The molecule has 1 aliphatic rings. The summed E-state index contributed by atoms with van der Waals surface area (Å²) in [7, 11) is -3.94. The van der Waals surface area contributed by atoms with Crippen LogP contribution >= 0.6 is 0 Å². The summed E-state index contributed by atoms with van der Waals surface area (Å²) >= 11 is 0. The lowest BCUT2D eigenvalue weighted by atomic mass is 10.2. The van der Waals surface area contributed by atoms with E-state index in [1.165, 1.54) is 11.0 Å². The topological polar surface area (TPSA) is 80.2 Å². The van der Waals surface area contributed by atoms with Crippen LogP contribution in [0.3, 0.4) is 0 Å². The van der Waals surface area contributed by atoms with Crippen LogP contribution in [0.15, 0.2) is 24.3 Å². The van der Waals surface area contributed by atoms with Crippen molar-refractivity contribution in [3.05, 3.63) is 29.8 Å². The van der Waals surface area contributed by atoms with Crippen molar-refractivity contribution in [2.24, 2.45) is 0 Å². The van der Waals surface area contributed by atoms with Crippen LogP contribution in [0.4, 0.5) is 18.9 Å². The highest BCUT2D eigenvalue weighted by Gasteiger charge is 2.32. The van der Waals surface area contributed by atoms with E-state index in [0.717, 1.165) is 31.5 Å². The molecule has 1 aromatic rings. The van der Waals surface area contributed by atoms with Gasteiger partial charge in [-0.3, -0.25) is 9.10 Å². The minimum Gasteiger partial charge on any atom is -0.370 e. The van der Waals surface area contributed by atoms with E-state index in [1.54, 1.807) is 0 Å². The Hall–Kier alpha value is -1.85. The number of alkyl halides is 3. The second-order valence-corrected chi connectivity index (χ2v) is 8.19. The maximum Gasteiger partial charge on any atom is 0.416 e. The fourth-order valence-electron chi connectivity index (χ4n) is 2.71. The van der Waals surface area contributed by atoms with Gasteiger partial charge in [0.2, 0.25) is 15.9 Å². The molecule has 152 valence electrons. The molecular weight excluding hydrogens is 387 g/mol. The van der Waals surface area contributed by atoms with E-state index in [9.17, 15) is 26.4 Å². The Labute approximate surface area is 156 Å². The first-order valence-corrected chi connectivity index (χ1v) is 10.2. The zero-order chi connectivity index (χ0) is 20.1. The lowest BCUT2D eigenvalue weighted by molar-refractivity contribution is -0.906. The lowest BCUT2D eigenvalue weighted by Crippen LogP contribution is -3.14. The zero-order valence-corrected chi connectivity index (χ0v) is 15.7. The highest BCUT2D eigenvalue weighted by atomic mass is 32.2. The standard InChI is InChI=1S/C16H22F3N3O4S/c1-27(24,25)22(14-4-2-3-13(11-14)16(17,18)19)12-15(23)20-5-6-21-7-9-26-10-8-21/h2-4,11H,5-10,12H2,1H3,(H,20,23)/p+1. The van der Waals surface area contributed by atoms with Gasteiger partial charge in [-0.1, -0.05) is 6.07 Å². The van der Waals surface area contributed by atoms with E-state index in [0.29, 0.717) is 36.7 Å². The molecule has 0 saturated carbocycles. The van der Waals surface area contributed by atoms with Crippen molar-refractivity contribution in [1.29, 1.82) is 0 Å². The van der Waals surface area contributed by atoms with Gasteiger partial charge in [-0.25, -0.2) is 8.42 Å². The Morgan fingerprint density at radius 2 is 1.96 bits per heavy atom. The molecule has 0 spiro atoms. The number of anilines is 1. The summed E-state index contributed by atoms with van der Waals surface area (Å²) < 4.78 is 68.5. The molecule has 1 saturated heterocycles. The molecule has 2 rings (SSSR count). The quantitative estimate of drug-likeness (QED) is 0.636. The van der Waals surface area contributed by atoms with Gasteiger partial charge < -0.3 is 15.0 Å². The molecule has 0 atom stereocenters. The first-order chi connectivity index (χ1) is 12.6. The number of carbonyl (C=O) groups excluding carboxylic acids is 1. The number of amides is 1. The number of sulfonamides is 1. The van der Waals surface area contributed by atoms with Gasteiger partial charge in [-0.2, -0.15) is 13.2 Å². The Morgan fingerprint density at radius 3 is 2.56 bits per heavy atom. The molecule has 1 aromatic carbocycles. The van der Waals surface area contributed by atoms with Crippen molar-refractivity contribution in [3.63, 3.8) is 0 Å². The van der Waals surface area contributed by atoms with Gasteiger partial charge in [-0.15, -0.1) is 0 Å². The van der Waals surface area contributed by atoms with Crippen molar-refractivity contribution in [3.8, 4) is 0 Å². The Kier molecular flexibility index (Phi) is 7.06. The van der Waals surface area contributed by atoms with Crippen LogP contribution in [0.2, 0.25) is 0 Å². The number of rotatable bonds is 7. The maximum absolute atomic E-state index is 12.9. The van der Waals surface area contributed by atoms with E-state index >= 15 is 0 Å². The van der Waals surface area contributed by atoms with Gasteiger partial charge in [0.1, 0.15) is 19.6 Å². The third-order valence-electron chi connectivity index (χ3n) is 4.15. The Balaban J connectivity index is 2.01. The van der Waals surface area contributed by atoms with Gasteiger partial charge in [-0.05, 0) is 18.2 Å². The third kappa shape index (κ3) is 6.67. The molecule has 11 heteroatoms. The predicted octanol–water partition coefficient (Wildman–Crippen LogP) is -0.497. The summed E-state index contributed by atoms with van der Waals surface area (Å²) in [4.78, 5) is 13.4. The predicted molar refractivity (Wildman–Crippen MR) is 93.0 cm³/mol. The lowest BCUT2D eigenvalue weighted by Gasteiger charge is -2.25. The molecule has 0 aromatic heterocycles. The molecule has 0 radical (unpaired) electrons. The molecule has 1 fully saturated rings. The molecule has 1 aliphatic heterocycles. The average molecular weight is 410 g/mol. The van der Waals surface area contributed by atoms with Crippen molar-refractivity contribution in [1.82, 2.24) is 5.32 Å². The molecule has 7 nitrogen and oxygen atoms in total. The van der Waals surface area contributed by atoms with E-state index < -0.39 is 34.2 Å². The summed E-state index contributed by atoms with van der Waals surface area (Å²) in [5, 5.41) is 2.62. The summed E-state index contributed by atoms with van der Waals surface area (Å²) in [6, 6.07) is 3.89. The normalized spacial score (nSPS) is 16.1. The number of nitrogens with zero attached hydrogens (tertiary/aromatic N) is 1. The molecule has 2 N–H and O–H groups in total. The van der Waals surface area contributed by atoms with Crippen LogP contribution in [0.5, 0.6) is 0 Å². The van der Waals surface area contributed by atoms with E-state index in [1.807, 2.05) is 0 Å². The largest absolute Gasteiger partial charge is 0.416 e. The summed E-state index contributed by atoms with van der Waals surface area (Å²) in [5.41, 5.74) is -1.19. The van der Waals surface area contributed by atoms with Gasteiger partial charge >= 0.3 is 6.18 Å². The van der Waals surface area contributed by atoms with E-state index in [4.69, 9.17) is 4.74 Å². The number of halogens is 3. The highest BCUT2D eigenvalue weighted by molar-refractivity contribution is 7.92. The Bertz CT molecular complexity index is 750. The molecule has 1 amide bonds. The molecule has 0 unspecified atom stereocenters. The second kappa shape index (κ2) is 8.89. The number of ether oxygens (including phenoxy) is 1. The fourth-order valence-corrected chi connectivity index (χ4v) is 3.56. The number of morpholine rings is 1. The minimum atomic E-state index is -4.61. The van der Waals surface area contributed by atoms with Crippen molar-refractivity contribution in [2.45, 2.75) is 6.18 Å². The smallest absolute Gasteiger partial charge is 0.370 e. The van der Waals surface area contributed by atoms with Crippen LogP contribution in [0.1, 0.15) is 5.56 Å². The second-order valence-electron chi connectivity index (χ2n) is 6.28. The molecule has 0 aliphatic carbocycles. The number of benzene rings is 1. The maximum atomic E-state index is 12.9. The molecular formula is C16H23F3N3O4S+.